The van der Waals surface area contributed by atoms with Crippen molar-refractivity contribution in [3.05, 3.63) is 83.6 Å². The summed E-state index contributed by atoms with van der Waals surface area (Å²) in [5.41, 5.74) is 4.74. The van der Waals surface area contributed by atoms with Crippen molar-refractivity contribution in [2.45, 2.75) is 151 Å². The molecule has 3 aliphatic heterocycles. The van der Waals surface area contributed by atoms with E-state index in [1.807, 2.05) is 56.4 Å². The zero-order chi connectivity index (χ0) is 48.6. The molecule has 2 aromatic carbocycles. The number of benzene rings is 2. The maximum atomic E-state index is 13.3. The van der Waals surface area contributed by atoms with Crippen LogP contribution in [0.4, 0.5) is 11.4 Å². The second-order valence-electron chi connectivity index (χ2n) is 18.4. The summed E-state index contributed by atoms with van der Waals surface area (Å²) in [6.45, 7) is 10.5. The Hall–Kier alpha value is -4.85. The molecule has 0 aliphatic carbocycles. The number of carboxylic acid groups (broad SMARTS) is 1. The monoisotopic (exact) mass is 966 g/mol. The molecule has 6 N–H and O–H groups in total. The highest BCUT2D eigenvalue weighted by Crippen LogP contribution is 2.49. The molecule has 1 atom stereocenters. The Balaban J connectivity index is 1.38. The average molecular weight is 967 g/mol. The van der Waals surface area contributed by atoms with E-state index in [1.54, 1.807) is 12.1 Å². The van der Waals surface area contributed by atoms with Gasteiger partial charge in [0.15, 0.2) is 5.71 Å². The van der Waals surface area contributed by atoms with Crippen molar-refractivity contribution in [2.24, 2.45) is 0 Å². The largest absolute Gasteiger partial charge is 0.481 e. The molecular formula is C49H68N5O11S2+. The number of allylic oxidation sites excluding steroid dienone is 6. The summed E-state index contributed by atoms with van der Waals surface area (Å²) in [6.07, 6.45) is 18.6. The number of nitrogens with one attached hydrogen (secondary N) is 3. The molecule has 16 nitrogen and oxygen atoms in total. The molecule has 0 bridgehead atoms. The third-order valence-corrected chi connectivity index (χ3v) is 14.2. The Bertz CT molecular complexity index is 2320. The van der Waals surface area contributed by atoms with Crippen molar-refractivity contribution in [1.82, 2.24) is 16.0 Å². The van der Waals surface area contributed by atoms with Gasteiger partial charge < -0.3 is 26.0 Å². The highest BCUT2D eigenvalue weighted by Gasteiger charge is 2.44. The van der Waals surface area contributed by atoms with Crippen molar-refractivity contribution in [1.29, 1.82) is 0 Å². The topological polar surface area (TPSA) is 224 Å². The highest BCUT2D eigenvalue weighted by atomic mass is 32.2. The minimum atomic E-state index is -4.42. The number of carboxylic acids is 1. The maximum absolute atomic E-state index is 13.3. The zero-order valence-corrected chi connectivity index (χ0v) is 40.8. The number of amides is 3. The van der Waals surface area contributed by atoms with E-state index in [-0.39, 0.29) is 35.5 Å². The van der Waals surface area contributed by atoms with Gasteiger partial charge in [0.25, 0.3) is 10.1 Å². The van der Waals surface area contributed by atoms with Gasteiger partial charge in [-0.1, -0.05) is 50.0 Å². The molecule has 2 aromatic rings. The lowest BCUT2D eigenvalue weighted by molar-refractivity contribution is -0.438. The van der Waals surface area contributed by atoms with Crippen LogP contribution in [0.15, 0.2) is 82.3 Å². The number of rotatable bonds is 11. The summed E-state index contributed by atoms with van der Waals surface area (Å²) < 4.78 is 41.3. The fourth-order valence-corrected chi connectivity index (χ4v) is 10.0. The predicted molar refractivity (Wildman–Crippen MR) is 258 cm³/mol. The van der Waals surface area contributed by atoms with Crippen LogP contribution in [-0.2, 0) is 49.5 Å². The smallest absolute Gasteiger partial charge is 0.303 e. The van der Waals surface area contributed by atoms with Gasteiger partial charge in [-0.05, 0) is 114 Å². The summed E-state index contributed by atoms with van der Waals surface area (Å²) in [4.78, 5) is 53.0. The van der Waals surface area contributed by atoms with E-state index in [0.717, 1.165) is 76.5 Å². The summed E-state index contributed by atoms with van der Waals surface area (Å²) in [5, 5.41) is 30.4. The van der Waals surface area contributed by atoms with Crippen molar-refractivity contribution >= 4 is 62.9 Å². The van der Waals surface area contributed by atoms with Crippen LogP contribution in [0.2, 0.25) is 0 Å². The minimum absolute atomic E-state index is 0.0551. The minimum Gasteiger partial charge on any atom is -0.481 e. The first kappa shape index (κ1) is 53.1. The summed E-state index contributed by atoms with van der Waals surface area (Å²) in [5.74, 6) is -1.39. The number of hydrogen-bond donors (Lipinski definition) is 6. The molecule has 0 saturated heterocycles. The molecule has 0 aromatic heterocycles. The Morgan fingerprint density at radius 3 is 2.39 bits per heavy atom. The fourth-order valence-electron chi connectivity index (χ4n) is 9.12. The normalized spacial score (nSPS) is 21.3. The first-order chi connectivity index (χ1) is 31.9. The van der Waals surface area contributed by atoms with Crippen LogP contribution >= 0.6 is 12.0 Å². The van der Waals surface area contributed by atoms with Crippen molar-refractivity contribution < 1.29 is 56.5 Å². The van der Waals surface area contributed by atoms with Gasteiger partial charge in [-0.15, -0.1) is 4.33 Å². The van der Waals surface area contributed by atoms with E-state index in [0.29, 0.717) is 84.0 Å². The van der Waals surface area contributed by atoms with Crippen LogP contribution < -0.4 is 20.9 Å². The predicted octanol–water partition coefficient (Wildman–Crippen LogP) is 8.20. The number of carbonyl (C=O) groups is 4. The van der Waals surface area contributed by atoms with Crippen molar-refractivity contribution in [3.8, 4) is 0 Å². The molecular weight excluding hydrogens is 899 g/mol. The SMILES string of the molecule is CC1(C)C2=[N+](CCCCCC(=O)NC(C(=O)NCCCCCC(=O)O)CCCCNC(=O)CCCCCN3/C(=C/C=C/C=C2)C(C)(C)c2cc(S(=O)(=O)O)ccc23)c2ccc(SOOO)cc21. The van der Waals surface area contributed by atoms with Crippen LogP contribution in [0.25, 0.3) is 0 Å². The average Bonchev–Trinajstić information content (AvgIpc) is 3.62. The molecule has 18 heteroatoms. The Morgan fingerprint density at radius 2 is 1.64 bits per heavy atom. The molecule has 3 aliphatic rings. The number of hydrogen-bond acceptors (Lipinski definition) is 11. The van der Waals surface area contributed by atoms with Gasteiger partial charge in [-0.25, -0.2) is 5.26 Å². The molecule has 1 unspecified atom stereocenters. The standard InChI is InChI=1S/C49H67N5O11S2/c1-48(2)37-33-35(66-65-64-60)25-27-40(37)53-31-18-8-12-23-45(56)52-39(47(59)51-30-15-6-13-24-46(57)58)19-14-16-29-50-44(55)22-11-7-17-32-54-41-28-26-36(67(61,62)63)34-38(41)49(3,4)43(54)21-10-5-9-20-42(48)53/h5,9-10,20-21,25-28,33-34,39H,6-8,11-19,22-24,29-32H2,1-4H3,(H5-,50,51,52,55,56,57,58,59,60,61,62,63)/p+1. The Morgan fingerprint density at radius 1 is 0.881 bits per heavy atom. The van der Waals surface area contributed by atoms with E-state index in [2.05, 4.69) is 50.4 Å². The molecule has 0 radical (unpaired) electrons. The number of aliphatic carboxylic acids is 1. The lowest BCUT2D eigenvalue weighted by Gasteiger charge is -2.27. The number of nitrogens with zero attached hydrogens (tertiary/aromatic N) is 2. The van der Waals surface area contributed by atoms with E-state index < -0.39 is 33.0 Å². The van der Waals surface area contributed by atoms with Gasteiger partial charge in [0, 0.05) is 84.7 Å². The Labute approximate surface area is 399 Å². The van der Waals surface area contributed by atoms with Crippen LogP contribution in [0.3, 0.4) is 0 Å². The number of unbranched alkanes of at least 4 members (excludes halogenated alkanes) is 2. The van der Waals surface area contributed by atoms with Crippen LogP contribution in [0.1, 0.15) is 135 Å². The van der Waals surface area contributed by atoms with E-state index >= 15 is 0 Å². The van der Waals surface area contributed by atoms with Gasteiger partial charge in [0.05, 0.1) is 22.4 Å². The maximum Gasteiger partial charge on any atom is 0.303 e. The van der Waals surface area contributed by atoms with Crippen molar-refractivity contribution in [3.63, 3.8) is 0 Å². The second-order valence-corrected chi connectivity index (χ2v) is 20.6. The van der Waals surface area contributed by atoms with Gasteiger partial charge in [0.1, 0.15) is 12.6 Å². The molecule has 3 heterocycles. The summed E-state index contributed by atoms with van der Waals surface area (Å²) >= 11 is 0.900. The first-order valence-corrected chi connectivity index (χ1v) is 25.6. The van der Waals surface area contributed by atoms with Crippen LogP contribution in [0.5, 0.6) is 0 Å². The summed E-state index contributed by atoms with van der Waals surface area (Å²) in [7, 11) is -4.42. The molecule has 366 valence electrons. The van der Waals surface area contributed by atoms with Crippen LogP contribution in [0, 0.1) is 0 Å². The van der Waals surface area contributed by atoms with Gasteiger partial charge in [-0.3, -0.25) is 23.7 Å². The lowest BCUT2D eigenvalue weighted by Crippen LogP contribution is -2.47. The van der Waals surface area contributed by atoms with E-state index in [4.69, 9.17) is 14.7 Å². The number of fused-ring (bicyclic) bond motifs is 5. The second kappa shape index (κ2) is 25.0. The number of carbonyl (C=O) groups excluding carboxylic acids is 3. The first-order valence-electron chi connectivity index (χ1n) is 23.4. The molecule has 3 amide bonds. The molecule has 0 spiro atoms. The summed E-state index contributed by atoms with van der Waals surface area (Å²) in [6, 6.07) is 9.92. The molecule has 5 rings (SSSR count). The van der Waals surface area contributed by atoms with E-state index in [1.165, 1.54) is 6.07 Å². The number of anilines is 1. The quantitative estimate of drug-likeness (QED) is 0.0312. The highest BCUT2D eigenvalue weighted by molar-refractivity contribution is 7.94. The van der Waals surface area contributed by atoms with Crippen molar-refractivity contribution in [2.75, 3.05) is 31.1 Å². The molecule has 0 saturated carbocycles. The van der Waals surface area contributed by atoms with E-state index in [9.17, 15) is 32.1 Å². The third-order valence-electron chi connectivity index (χ3n) is 12.7. The third kappa shape index (κ3) is 14.8. The molecule has 0 fully saturated rings. The van der Waals surface area contributed by atoms with Gasteiger partial charge >= 0.3 is 5.97 Å². The van der Waals surface area contributed by atoms with Crippen LogP contribution in [-0.4, -0.2) is 89.5 Å². The van der Waals surface area contributed by atoms with Gasteiger partial charge in [-0.2, -0.15) is 13.0 Å². The molecule has 67 heavy (non-hydrogen) atoms. The lowest BCUT2D eigenvalue weighted by atomic mass is 9.81. The fraction of sp³-hybridized carbons (Fsp3) is 0.531. The zero-order valence-electron chi connectivity index (χ0n) is 39.2. The Kier molecular flexibility index (Phi) is 19.8. The van der Waals surface area contributed by atoms with Gasteiger partial charge in [0.2, 0.25) is 23.4 Å².